The predicted octanol–water partition coefficient (Wildman–Crippen LogP) is 4.47. The average molecular weight is 263 g/mol. The maximum absolute atomic E-state index is 3.61. The van der Waals surface area contributed by atoms with Gasteiger partial charge < -0.3 is 5.32 Å². The van der Waals surface area contributed by atoms with Crippen molar-refractivity contribution in [1.29, 1.82) is 0 Å². The minimum Gasteiger partial charge on any atom is -0.312 e. The van der Waals surface area contributed by atoms with Crippen LogP contribution in [0.25, 0.3) is 0 Å². The molecule has 0 spiro atoms. The van der Waals surface area contributed by atoms with Gasteiger partial charge in [0.2, 0.25) is 0 Å². The fraction of sp³-hybridized carbons (Fsp3) is 0.750. The number of hydrogen-bond donors (Lipinski definition) is 1. The van der Waals surface area contributed by atoms with Gasteiger partial charge in [-0.05, 0) is 56.7 Å². The van der Waals surface area contributed by atoms with Crippen LogP contribution in [0, 0.1) is 5.92 Å². The van der Waals surface area contributed by atoms with Gasteiger partial charge in [-0.25, -0.2) is 0 Å². The van der Waals surface area contributed by atoms with Crippen LogP contribution in [0.15, 0.2) is 6.07 Å². The van der Waals surface area contributed by atoms with Gasteiger partial charge in [-0.15, -0.1) is 11.3 Å². The van der Waals surface area contributed by atoms with Crippen LogP contribution < -0.4 is 5.32 Å². The molecule has 2 aliphatic rings. The Bertz CT molecular complexity index is 366. The van der Waals surface area contributed by atoms with Gasteiger partial charge in [0.1, 0.15) is 0 Å². The second kappa shape index (κ2) is 5.75. The number of fused-ring (bicyclic) bond motifs is 1. The second-order valence-electron chi connectivity index (χ2n) is 5.97. The van der Waals surface area contributed by atoms with Crippen LogP contribution in [0.3, 0.4) is 0 Å². The summed E-state index contributed by atoms with van der Waals surface area (Å²) in [6.07, 6.45) is 12.7. The molecule has 1 aromatic heterocycles. The van der Waals surface area contributed by atoms with E-state index in [-0.39, 0.29) is 0 Å². The van der Waals surface area contributed by atoms with E-state index >= 15 is 0 Å². The Morgan fingerprint density at radius 2 is 1.89 bits per heavy atom. The van der Waals surface area contributed by atoms with Crippen LogP contribution in [0.4, 0.5) is 0 Å². The zero-order valence-electron chi connectivity index (χ0n) is 11.5. The van der Waals surface area contributed by atoms with Gasteiger partial charge in [-0.2, -0.15) is 0 Å². The molecule has 1 atom stereocenters. The van der Waals surface area contributed by atoms with Crippen molar-refractivity contribution in [2.75, 3.05) is 7.05 Å². The molecule has 1 saturated carbocycles. The molecule has 2 aliphatic carbocycles. The van der Waals surface area contributed by atoms with E-state index in [1.54, 1.807) is 15.3 Å². The summed E-state index contributed by atoms with van der Waals surface area (Å²) in [6, 6.07) is 3.14. The highest BCUT2D eigenvalue weighted by molar-refractivity contribution is 7.12. The molecule has 0 saturated heterocycles. The summed E-state index contributed by atoms with van der Waals surface area (Å²) >= 11 is 2.09. The topological polar surface area (TPSA) is 12.0 Å². The van der Waals surface area contributed by atoms with Gasteiger partial charge in [0.05, 0.1) is 0 Å². The van der Waals surface area contributed by atoms with Crippen LogP contribution in [0.1, 0.15) is 66.3 Å². The predicted molar refractivity (Wildman–Crippen MR) is 79.3 cm³/mol. The minimum atomic E-state index is 0.624. The third kappa shape index (κ3) is 2.50. The number of nitrogens with one attached hydrogen (secondary N) is 1. The van der Waals surface area contributed by atoms with E-state index in [4.69, 9.17) is 0 Å². The largest absolute Gasteiger partial charge is 0.312 e. The first-order valence-electron chi connectivity index (χ1n) is 7.67. The molecule has 0 bridgehead atoms. The molecule has 1 heterocycles. The van der Waals surface area contributed by atoms with E-state index in [2.05, 4.69) is 29.8 Å². The van der Waals surface area contributed by atoms with Gasteiger partial charge in [0.25, 0.3) is 0 Å². The molecule has 1 unspecified atom stereocenters. The SMILES string of the molecule is CNC(c1cc2c(s1)CCC2)C1CCCCCC1. The van der Waals surface area contributed by atoms with Gasteiger partial charge in [0, 0.05) is 15.8 Å². The van der Waals surface area contributed by atoms with Crippen molar-refractivity contribution in [3.63, 3.8) is 0 Å². The molecule has 3 rings (SSSR count). The highest BCUT2D eigenvalue weighted by atomic mass is 32.1. The van der Waals surface area contributed by atoms with Gasteiger partial charge in [-0.1, -0.05) is 25.7 Å². The molecule has 100 valence electrons. The summed E-state index contributed by atoms with van der Waals surface area (Å²) in [5, 5.41) is 3.61. The van der Waals surface area contributed by atoms with E-state index < -0.39 is 0 Å². The smallest absolute Gasteiger partial charge is 0.0441 e. The number of rotatable bonds is 3. The number of hydrogen-bond acceptors (Lipinski definition) is 2. The Balaban J connectivity index is 1.77. The van der Waals surface area contributed by atoms with Crippen molar-refractivity contribution >= 4 is 11.3 Å². The lowest BCUT2D eigenvalue weighted by atomic mass is 9.90. The molecule has 18 heavy (non-hydrogen) atoms. The molecule has 2 heteroatoms. The van der Waals surface area contributed by atoms with Gasteiger partial charge in [-0.3, -0.25) is 0 Å². The van der Waals surface area contributed by atoms with E-state index in [0.717, 1.165) is 5.92 Å². The van der Waals surface area contributed by atoms with Crippen molar-refractivity contribution < 1.29 is 0 Å². The summed E-state index contributed by atoms with van der Waals surface area (Å²) in [5.41, 5.74) is 1.66. The van der Waals surface area contributed by atoms with Crippen molar-refractivity contribution in [3.05, 3.63) is 21.4 Å². The third-order valence-electron chi connectivity index (χ3n) is 4.75. The molecule has 1 aromatic rings. The summed E-state index contributed by atoms with van der Waals surface area (Å²) in [4.78, 5) is 3.30. The lowest BCUT2D eigenvalue weighted by Gasteiger charge is -2.25. The van der Waals surface area contributed by atoms with E-state index in [1.165, 1.54) is 57.8 Å². The Labute approximate surface area is 115 Å². The monoisotopic (exact) mass is 263 g/mol. The zero-order valence-corrected chi connectivity index (χ0v) is 12.3. The standard InChI is InChI=1S/C16H25NS/c1-17-16(12-7-4-2-3-5-8-12)15-11-13-9-6-10-14(13)18-15/h11-12,16-17H,2-10H2,1H3. The first kappa shape index (κ1) is 12.7. The average Bonchev–Trinajstić information content (AvgIpc) is 2.84. The van der Waals surface area contributed by atoms with E-state index in [0.29, 0.717) is 6.04 Å². The van der Waals surface area contributed by atoms with Crippen molar-refractivity contribution in [2.24, 2.45) is 5.92 Å². The Morgan fingerprint density at radius 3 is 2.56 bits per heavy atom. The first-order chi connectivity index (χ1) is 8.88. The molecule has 0 aliphatic heterocycles. The fourth-order valence-corrected chi connectivity index (χ4v) is 5.22. The summed E-state index contributed by atoms with van der Waals surface area (Å²) < 4.78 is 0. The van der Waals surface area contributed by atoms with Gasteiger partial charge >= 0.3 is 0 Å². The molecular weight excluding hydrogens is 238 g/mol. The summed E-state index contributed by atoms with van der Waals surface area (Å²) in [5.74, 6) is 0.872. The van der Waals surface area contributed by atoms with Crippen molar-refractivity contribution in [3.8, 4) is 0 Å². The molecule has 0 radical (unpaired) electrons. The molecule has 0 aromatic carbocycles. The maximum Gasteiger partial charge on any atom is 0.0441 e. The first-order valence-corrected chi connectivity index (χ1v) is 8.49. The molecular formula is C16H25NS. The second-order valence-corrected chi connectivity index (χ2v) is 7.14. The van der Waals surface area contributed by atoms with E-state index in [9.17, 15) is 0 Å². The van der Waals surface area contributed by atoms with Crippen LogP contribution in [-0.4, -0.2) is 7.05 Å². The molecule has 1 N–H and O–H groups in total. The minimum absolute atomic E-state index is 0.624. The Kier molecular flexibility index (Phi) is 4.05. The third-order valence-corrected chi connectivity index (χ3v) is 6.07. The Morgan fingerprint density at radius 1 is 1.11 bits per heavy atom. The summed E-state index contributed by atoms with van der Waals surface area (Å²) in [6.45, 7) is 0. The molecule has 1 nitrogen and oxygen atoms in total. The number of aryl methyl sites for hydroxylation is 2. The molecule has 0 amide bonds. The lowest BCUT2D eigenvalue weighted by molar-refractivity contribution is 0.345. The van der Waals surface area contributed by atoms with Crippen LogP contribution in [0.5, 0.6) is 0 Å². The fourth-order valence-electron chi connectivity index (χ4n) is 3.76. The summed E-state index contributed by atoms with van der Waals surface area (Å²) in [7, 11) is 2.15. The highest BCUT2D eigenvalue weighted by Gasteiger charge is 2.26. The van der Waals surface area contributed by atoms with Crippen LogP contribution >= 0.6 is 11.3 Å². The quantitative estimate of drug-likeness (QED) is 0.794. The highest BCUT2D eigenvalue weighted by Crippen LogP contribution is 2.39. The van der Waals surface area contributed by atoms with Crippen molar-refractivity contribution in [1.82, 2.24) is 5.32 Å². The van der Waals surface area contributed by atoms with Crippen LogP contribution in [0.2, 0.25) is 0 Å². The Hall–Kier alpha value is -0.340. The van der Waals surface area contributed by atoms with E-state index in [1.807, 2.05) is 0 Å². The normalized spacial score (nSPS) is 22.7. The maximum atomic E-state index is 3.61. The van der Waals surface area contributed by atoms with Crippen molar-refractivity contribution in [2.45, 2.75) is 63.8 Å². The zero-order chi connectivity index (χ0) is 12.4. The molecule has 1 fully saturated rings. The lowest BCUT2D eigenvalue weighted by Crippen LogP contribution is -2.24. The number of thiophene rings is 1. The van der Waals surface area contributed by atoms with Crippen LogP contribution in [-0.2, 0) is 12.8 Å². The van der Waals surface area contributed by atoms with Gasteiger partial charge in [0.15, 0.2) is 0 Å².